The van der Waals surface area contributed by atoms with E-state index in [2.05, 4.69) is 14.9 Å². The quantitative estimate of drug-likeness (QED) is 0.589. The molecule has 1 aliphatic rings. The Kier molecular flexibility index (Phi) is 5.12. The number of ether oxygens (including phenoxy) is 2. The molecule has 1 aliphatic heterocycles. The van der Waals surface area contributed by atoms with Crippen LogP contribution in [-0.4, -0.2) is 60.1 Å². The van der Waals surface area contributed by atoms with Crippen molar-refractivity contribution in [3.63, 3.8) is 0 Å². The Morgan fingerprint density at radius 2 is 1.96 bits per heavy atom. The van der Waals surface area contributed by atoms with Crippen LogP contribution in [0.2, 0.25) is 0 Å². The highest BCUT2D eigenvalue weighted by molar-refractivity contribution is 5.64. The summed E-state index contributed by atoms with van der Waals surface area (Å²) < 4.78 is 24.6. The van der Waals surface area contributed by atoms with E-state index in [0.717, 1.165) is 13.1 Å². The number of nitrogens with zero attached hydrogens (tertiary/aromatic N) is 5. The van der Waals surface area contributed by atoms with Gasteiger partial charge in [-0.05, 0) is 19.2 Å². The fourth-order valence-electron chi connectivity index (χ4n) is 2.68. The fraction of sp³-hybridized carbons (Fsp3) is 0.375. The first-order valence-corrected chi connectivity index (χ1v) is 7.94. The van der Waals surface area contributed by atoms with E-state index in [1.54, 1.807) is 4.90 Å². The van der Waals surface area contributed by atoms with Gasteiger partial charge in [0.1, 0.15) is 6.33 Å². The van der Waals surface area contributed by atoms with Gasteiger partial charge in [0.25, 0.3) is 0 Å². The highest BCUT2D eigenvalue weighted by atomic mass is 19.1. The van der Waals surface area contributed by atoms with Gasteiger partial charge in [-0.2, -0.15) is 4.98 Å². The monoisotopic (exact) mass is 363 g/mol. The average molecular weight is 363 g/mol. The lowest BCUT2D eigenvalue weighted by molar-refractivity contribution is -0.385. The van der Waals surface area contributed by atoms with Crippen molar-refractivity contribution in [2.45, 2.75) is 0 Å². The molecule has 26 heavy (non-hydrogen) atoms. The maximum atomic E-state index is 14.1. The molecule has 10 heteroatoms. The van der Waals surface area contributed by atoms with E-state index in [-0.39, 0.29) is 23.2 Å². The molecule has 3 rings (SSSR count). The average Bonchev–Trinajstić information content (AvgIpc) is 2.63. The second-order valence-electron chi connectivity index (χ2n) is 5.77. The number of nitro groups is 1. The number of aromatic nitrogens is 2. The molecule has 0 aliphatic carbocycles. The van der Waals surface area contributed by atoms with E-state index in [1.165, 1.54) is 31.6 Å². The number of rotatable bonds is 5. The predicted octanol–water partition coefficient (Wildman–Crippen LogP) is 2.08. The van der Waals surface area contributed by atoms with Crippen LogP contribution < -0.4 is 14.4 Å². The number of halogens is 1. The molecule has 1 fully saturated rings. The Morgan fingerprint density at radius 1 is 1.23 bits per heavy atom. The maximum Gasteiger partial charge on any atom is 0.373 e. The fourth-order valence-corrected chi connectivity index (χ4v) is 2.68. The van der Waals surface area contributed by atoms with E-state index < -0.39 is 16.4 Å². The second-order valence-corrected chi connectivity index (χ2v) is 5.77. The summed E-state index contributed by atoms with van der Waals surface area (Å²) in [4.78, 5) is 22.9. The van der Waals surface area contributed by atoms with Gasteiger partial charge in [-0.1, -0.05) is 6.07 Å². The molecule has 0 radical (unpaired) electrons. The third kappa shape index (κ3) is 3.49. The summed E-state index contributed by atoms with van der Waals surface area (Å²) in [7, 11) is 3.33. The first-order valence-electron chi connectivity index (χ1n) is 7.94. The van der Waals surface area contributed by atoms with Crippen LogP contribution in [0.3, 0.4) is 0 Å². The SMILES string of the molecule is COc1cccc(F)c1Oc1ncnc(N2CCN(C)CC2)c1[N+](=O)[O-]. The molecular formula is C16H18FN5O4. The molecule has 0 N–H and O–H groups in total. The topological polar surface area (TPSA) is 93.9 Å². The summed E-state index contributed by atoms with van der Waals surface area (Å²) >= 11 is 0. The number of hydrogen-bond acceptors (Lipinski definition) is 8. The first-order chi connectivity index (χ1) is 12.5. The molecule has 1 aromatic heterocycles. The van der Waals surface area contributed by atoms with Crippen LogP contribution >= 0.6 is 0 Å². The van der Waals surface area contributed by atoms with Crippen LogP contribution in [-0.2, 0) is 0 Å². The van der Waals surface area contributed by atoms with Crippen molar-refractivity contribution in [2.75, 3.05) is 45.2 Å². The summed E-state index contributed by atoms with van der Waals surface area (Å²) in [5.41, 5.74) is -0.401. The molecule has 0 atom stereocenters. The summed E-state index contributed by atoms with van der Waals surface area (Å²) in [6.45, 7) is 2.66. The van der Waals surface area contributed by atoms with Crippen LogP contribution in [0.5, 0.6) is 17.4 Å². The minimum absolute atomic E-state index is 0.110. The second kappa shape index (κ2) is 7.48. The van der Waals surface area contributed by atoms with Crippen LogP contribution in [0.4, 0.5) is 15.9 Å². The van der Waals surface area contributed by atoms with Gasteiger partial charge in [0.2, 0.25) is 11.6 Å². The molecule has 1 saturated heterocycles. The predicted molar refractivity (Wildman–Crippen MR) is 91.4 cm³/mol. The number of methoxy groups -OCH3 is 1. The van der Waals surface area contributed by atoms with E-state index in [0.29, 0.717) is 13.1 Å². The van der Waals surface area contributed by atoms with E-state index in [4.69, 9.17) is 9.47 Å². The summed E-state index contributed by atoms with van der Waals surface area (Å²) in [6.07, 6.45) is 1.17. The van der Waals surface area contributed by atoms with Gasteiger partial charge >= 0.3 is 11.6 Å². The van der Waals surface area contributed by atoms with E-state index >= 15 is 0 Å². The molecule has 0 spiro atoms. The zero-order valence-electron chi connectivity index (χ0n) is 14.4. The Bertz CT molecular complexity index is 811. The van der Waals surface area contributed by atoms with Gasteiger partial charge in [0, 0.05) is 26.2 Å². The molecule has 0 saturated carbocycles. The molecule has 9 nitrogen and oxygen atoms in total. The van der Waals surface area contributed by atoms with E-state index in [1.807, 2.05) is 7.05 Å². The number of anilines is 1. The summed E-state index contributed by atoms with van der Waals surface area (Å²) in [5.74, 6) is -1.04. The number of benzene rings is 1. The third-order valence-electron chi connectivity index (χ3n) is 4.10. The molecule has 1 aromatic carbocycles. The molecule has 138 valence electrons. The lowest BCUT2D eigenvalue weighted by Crippen LogP contribution is -2.45. The zero-order valence-corrected chi connectivity index (χ0v) is 14.4. The van der Waals surface area contributed by atoms with Crippen LogP contribution in [0.1, 0.15) is 0 Å². The van der Waals surface area contributed by atoms with Crippen molar-refractivity contribution in [3.8, 4) is 17.4 Å². The Balaban J connectivity index is 2.01. The van der Waals surface area contributed by atoms with Gasteiger partial charge in [-0.15, -0.1) is 0 Å². The lowest BCUT2D eigenvalue weighted by atomic mass is 10.3. The lowest BCUT2D eigenvalue weighted by Gasteiger charge is -2.32. The van der Waals surface area contributed by atoms with Gasteiger partial charge in [-0.25, -0.2) is 9.37 Å². The van der Waals surface area contributed by atoms with Gasteiger partial charge in [0.05, 0.1) is 12.0 Å². The minimum atomic E-state index is -0.710. The normalized spacial score (nSPS) is 15.0. The van der Waals surface area contributed by atoms with Crippen molar-refractivity contribution in [3.05, 3.63) is 40.5 Å². The minimum Gasteiger partial charge on any atom is -0.493 e. The first kappa shape index (κ1) is 17.8. The Labute approximate surface area is 149 Å². The van der Waals surface area contributed by atoms with Crippen molar-refractivity contribution in [1.29, 1.82) is 0 Å². The van der Waals surface area contributed by atoms with Crippen molar-refractivity contribution >= 4 is 11.5 Å². The number of para-hydroxylation sites is 1. The number of likely N-dealkylation sites (N-methyl/N-ethyl adjacent to an activating group) is 1. The highest BCUT2D eigenvalue weighted by Gasteiger charge is 2.31. The zero-order chi connectivity index (χ0) is 18.7. The van der Waals surface area contributed by atoms with Crippen molar-refractivity contribution in [2.24, 2.45) is 0 Å². The molecule has 0 amide bonds. The van der Waals surface area contributed by atoms with Crippen molar-refractivity contribution < 1.29 is 18.8 Å². The molecule has 2 aromatic rings. The van der Waals surface area contributed by atoms with Gasteiger partial charge < -0.3 is 19.3 Å². The van der Waals surface area contributed by atoms with Gasteiger partial charge in [-0.3, -0.25) is 10.1 Å². The van der Waals surface area contributed by atoms with Crippen LogP contribution in [0.25, 0.3) is 0 Å². The Hall–Kier alpha value is -3.01. The molecule has 2 heterocycles. The largest absolute Gasteiger partial charge is 0.493 e. The highest BCUT2D eigenvalue weighted by Crippen LogP contribution is 2.40. The van der Waals surface area contributed by atoms with E-state index in [9.17, 15) is 14.5 Å². The molecule has 0 bridgehead atoms. The smallest absolute Gasteiger partial charge is 0.373 e. The molecular weight excluding hydrogens is 345 g/mol. The van der Waals surface area contributed by atoms with Crippen molar-refractivity contribution in [1.82, 2.24) is 14.9 Å². The summed E-state index contributed by atoms with van der Waals surface area (Å²) in [5, 5.41) is 11.7. The standard InChI is InChI=1S/C16H18FN5O4/c1-20-6-8-21(9-7-20)15-13(22(23)24)16(19-10-18-15)26-14-11(17)4-3-5-12(14)25-2/h3-5,10H,6-9H2,1-2H3. The van der Waals surface area contributed by atoms with Crippen LogP contribution in [0.15, 0.2) is 24.5 Å². The van der Waals surface area contributed by atoms with Crippen LogP contribution in [0, 0.1) is 15.9 Å². The number of piperazine rings is 1. The Morgan fingerprint density at radius 3 is 2.62 bits per heavy atom. The maximum absolute atomic E-state index is 14.1. The third-order valence-corrected chi connectivity index (χ3v) is 4.10. The number of hydrogen-bond donors (Lipinski definition) is 0. The van der Waals surface area contributed by atoms with Gasteiger partial charge in [0.15, 0.2) is 11.6 Å². The summed E-state index contributed by atoms with van der Waals surface area (Å²) in [6, 6.07) is 4.12. The molecule has 0 unspecified atom stereocenters.